The largest absolute Gasteiger partial charge is 0.329 e. The number of hydrogen-bond acceptors (Lipinski definition) is 1. The van der Waals surface area contributed by atoms with Crippen molar-refractivity contribution in [2.24, 2.45) is 0 Å². The van der Waals surface area contributed by atoms with Gasteiger partial charge in [-0.1, -0.05) is 74.0 Å². The molecule has 3 aromatic carbocycles. The van der Waals surface area contributed by atoms with Gasteiger partial charge in [0.15, 0.2) is 0 Å². The lowest BCUT2D eigenvalue weighted by Gasteiger charge is -2.31. The maximum absolute atomic E-state index is 13.7. The summed E-state index contributed by atoms with van der Waals surface area (Å²) in [5, 5.41) is 0. The first-order valence-electron chi connectivity index (χ1n) is 9.63. The minimum Gasteiger partial charge on any atom is -0.320 e. The molecule has 0 N–H and O–H groups in total. The van der Waals surface area contributed by atoms with E-state index in [0.717, 1.165) is 40.8 Å². The molecule has 0 aliphatic heterocycles. The van der Waals surface area contributed by atoms with E-state index in [1.54, 1.807) is 4.90 Å². The van der Waals surface area contributed by atoms with Gasteiger partial charge >= 0.3 is 6.03 Å². The van der Waals surface area contributed by atoms with Crippen molar-refractivity contribution in [3.63, 3.8) is 0 Å². The van der Waals surface area contributed by atoms with E-state index >= 15 is 0 Å². The standard InChI is InChI=1S/C24H25BrN2O/c1-2-3-18-26(19-20-12-6-4-7-13-20)24(28)27(21-14-8-5-9-15-21)23-17-11-10-16-22(23)25/h4-17H,2-3,18-19H2,1H3. The fraction of sp³-hybridized carbons (Fsp3) is 0.208. The first-order chi connectivity index (χ1) is 13.7. The third-order valence-corrected chi connectivity index (χ3v) is 5.24. The Labute approximate surface area is 175 Å². The number of hydrogen-bond donors (Lipinski definition) is 0. The molecule has 0 aliphatic carbocycles. The second kappa shape index (κ2) is 10.1. The molecule has 28 heavy (non-hydrogen) atoms. The number of para-hydroxylation sites is 2. The molecule has 0 aromatic heterocycles. The zero-order valence-corrected chi connectivity index (χ0v) is 17.7. The number of carbonyl (C=O) groups excluding carboxylic acids is 1. The topological polar surface area (TPSA) is 23.6 Å². The summed E-state index contributed by atoms with van der Waals surface area (Å²) < 4.78 is 0.891. The highest BCUT2D eigenvalue weighted by Gasteiger charge is 2.25. The zero-order valence-electron chi connectivity index (χ0n) is 16.1. The average molecular weight is 437 g/mol. The predicted octanol–water partition coefficient (Wildman–Crippen LogP) is 7.01. The van der Waals surface area contributed by atoms with Crippen LogP contribution in [-0.4, -0.2) is 17.5 Å². The van der Waals surface area contributed by atoms with Crippen LogP contribution in [-0.2, 0) is 6.54 Å². The summed E-state index contributed by atoms with van der Waals surface area (Å²) in [4.78, 5) is 17.5. The van der Waals surface area contributed by atoms with Gasteiger partial charge < -0.3 is 4.90 Å². The Morgan fingerprint density at radius 3 is 2.11 bits per heavy atom. The lowest BCUT2D eigenvalue weighted by molar-refractivity contribution is 0.203. The van der Waals surface area contributed by atoms with Crippen LogP contribution in [0.1, 0.15) is 25.3 Å². The van der Waals surface area contributed by atoms with Gasteiger partial charge in [0.2, 0.25) is 0 Å². The van der Waals surface area contributed by atoms with Crippen LogP contribution in [0.25, 0.3) is 0 Å². The third-order valence-electron chi connectivity index (χ3n) is 4.57. The highest BCUT2D eigenvalue weighted by molar-refractivity contribution is 9.10. The maximum atomic E-state index is 13.7. The number of nitrogens with zero attached hydrogens (tertiary/aromatic N) is 2. The van der Waals surface area contributed by atoms with E-state index < -0.39 is 0 Å². The molecule has 3 aromatic rings. The van der Waals surface area contributed by atoms with Crippen molar-refractivity contribution in [2.45, 2.75) is 26.3 Å². The first kappa shape index (κ1) is 20.2. The highest BCUT2D eigenvalue weighted by Crippen LogP contribution is 2.33. The summed E-state index contributed by atoms with van der Waals surface area (Å²) >= 11 is 3.62. The molecule has 0 radical (unpaired) electrons. The number of carbonyl (C=O) groups is 1. The fourth-order valence-corrected chi connectivity index (χ4v) is 3.56. The van der Waals surface area contributed by atoms with Crippen LogP contribution in [0.15, 0.2) is 89.4 Å². The van der Waals surface area contributed by atoms with E-state index in [1.807, 2.05) is 77.7 Å². The molecule has 0 spiro atoms. The van der Waals surface area contributed by atoms with Crippen molar-refractivity contribution in [1.29, 1.82) is 0 Å². The van der Waals surface area contributed by atoms with Crippen LogP contribution < -0.4 is 4.90 Å². The van der Waals surface area contributed by atoms with Crippen LogP contribution in [0, 0.1) is 0 Å². The van der Waals surface area contributed by atoms with Gasteiger partial charge in [0.1, 0.15) is 0 Å². The molecule has 0 saturated carbocycles. The summed E-state index contributed by atoms with van der Waals surface area (Å²) in [7, 11) is 0. The summed E-state index contributed by atoms with van der Waals surface area (Å²) in [6.07, 6.45) is 2.01. The number of anilines is 2. The predicted molar refractivity (Wildman–Crippen MR) is 120 cm³/mol. The minimum absolute atomic E-state index is 0.0181. The Balaban J connectivity index is 1.98. The van der Waals surface area contributed by atoms with Crippen molar-refractivity contribution in [2.75, 3.05) is 11.4 Å². The van der Waals surface area contributed by atoms with Gasteiger partial charge in [-0.15, -0.1) is 0 Å². The van der Waals surface area contributed by atoms with Crippen molar-refractivity contribution >= 4 is 33.3 Å². The molecule has 0 saturated heterocycles. The van der Waals surface area contributed by atoms with Crippen LogP contribution in [0.2, 0.25) is 0 Å². The number of unbranched alkanes of at least 4 members (excludes halogenated alkanes) is 1. The van der Waals surface area contributed by atoms with Gasteiger partial charge in [0, 0.05) is 17.6 Å². The maximum Gasteiger partial charge on any atom is 0.329 e. The van der Waals surface area contributed by atoms with Crippen molar-refractivity contribution < 1.29 is 4.79 Å². The molecule has 4 heteroatoms. The van der Waals surface area contributed by atoms with Gasteiger partial charge in [-0.3, -0.25) is 4.90 Å². The normalized spacial score (nSPS) is 10.5. The second-order valence-electron chi connectivity index (χ2n) is 6.67. The number of rotatable bonds is 7. The minimum atomic E-state index is -0.0181. The summed E-state index contributed by atoms with van der Waals surface area (Å²) in [6.45, 7) is 3.46. The summed E-state index contributed by atoms with van der Waals surface area (Å²) in [6, 6.07) is 27.8. The van der Waals surface area contributed by atoms with Crippen molar-refractivity contribution in [3.8, 4) is 0 Å². The number of amides is 2. The van der Waals surface area contributed by atoms with E-state index in [2.05, 4.69) is 35.0 Å². The van der Waals surface area contributed by atoms with Crippen LogP contribution in [0.5, 0.6) is 0 Å². The van der Waals surface area contributed by atoms with Gasteiger partial charge in [-0.25, -0.2) is 4.79 Å². The molecule has 144 valence electrons. The van der Waals surface area contributed by atoms with Crippen LogP contribution in [0.4, 0.5) is 16.2 Å². The van der Waals surface area contributed by atoms with E-state index in [4.69, 9.17) is 0 Å². The summed E-state index contributed by atoms with van der Waals surface area (Å²) in [5.41, 5.74) is 2.83. The molecule has 0 unspecified atom stereocenters. The third kappa shape index (κ3) is 5.02. The van der Waals surface area contributed by atoms with E-state index in [1.165, 1.54) is 0 Å². The SMILES string of the molecule is CCCCN(Cc1ccccc1)C(=O)N(c1ccccc1)c1ccccc1Br. The Morgan fingerprint density at radius 2 is 1.46 bits per heavy atom. The monoisotopic (exact) mass is 436 g/mol. The smallest absolute Gasteiger partial charge is 0.320 e. The Bertz CT molecular complexity index is 883. The molecule has 0 aliphatic rings. The van der Waals surface area contributed by atoms with Gasteiger partial charge in [0.25, 0.3) is 0 Å². The number of halogens is 1. The molecule has 0 heterocycles. The molecule has 3 nitrogen and oxygen atoms in total. The van der Waals surface area contributed by atoms with Crippen molar-refractivity contribution in [1.82, 2.24) is 4.90 Å². The molecule has 3 rings (SSSR count). The van der Waals surface area contributed by atoms with Gasteiger partial charge in [-0.2, -0.15) is 0 Å². The van der Waals surface area contributed by atoms with E-state index in [9.17, 15) is 4.79 Å². The molecular formula is C24H25BrN2O. The van der Waals surface area contributed by atoms with Crippen molar-refractivity contribution in [3.05, 3.63) is 95.0 Å². The first-order valence-corrected chi connectivity index (χ1v) is 10.4. The Kier molecular flexibility index (Phi) is 7.26. The molecule has 0 bridgehead atoms. The molecule has 2 amide bonds. The zero-order chi connectivity index (χ0) is 19.8. The quantitative estimate of drug-likeness (QED) is 0.390. The molecule has 0 fully saturated rings. The molecule has 0 atom stereocenters. The van der Waals surface area contributed by atoms with Gasteiger partial charge in [-0.05, 0) is 52.2 Å². The lowest BCUT2D eigenvalue weighted by Crippen LogP contribution is -2.41. The van der Waals surface area contributed by atoms with Crippen LogP contribution >= 0.6 is 15.9 Å². The van der Waals surface area contributed by atoms with E-state index in [0.29, 0.717) is 6.54 Å². The second-order valence-corrected chi connectivity index (χ2v) is 7.52. The van der Waals surface area contributed by atoms with E-state index in [-0.39, 0.29) is 6.03 Å². The number of benzene rings is 3. The Hall–Kier alpha value is -2.59. The molecular weight excluding hydrogens is 412 g/mol. The fourth-order valence-electron chi connectivity index (χ4n) is 3.10. The highest BCUT2D eigenvalue weighted by atomic mass is 79.9. The van der Waals surface area contributed by atoms with Gasteiger partial charge in [0.05, 0.1) is 11.4 Å². The summed E-state index contributed by atoms with van der Waals surface area (Å²) in [5.74, 6) is 0. The average Bonchev–Trinajstić information content (AvgIpc) is 2.74. The van der Waals surface area contributed by atoms with Crippen LogP contribution in [0.3, 0.4) is 0 Å². The number of urea groups is 1. The lowest BCUT2D eigenvalue weighted by atomic mass is 10.2. The Morgan fingerprint density at radius 1 is 0.857 bits per heavy atom.